The fourth-order valence-electron chi connectivity index (χ4n) is 1.64. The molecule has 2 rings (SSSR count). The topological polar surface area (TPSA) is 32.6 Å². The SMILES string of the molecule is ON=C(Cl)Cc1ccc(CSc2ccccc2)cc1. The average Bonchev–Trinajstić information content (AvgIpc) is 2.47. The quantitative estimate of drug-likeness (QED) is 0.379. The summed E-state index contributed by atoms with van der Waals surface area (Å²) < 4.78 is 0. The Hall–Kier alpha value is -1.45. The van der Waals surface area contributed by atoms with E-state index < -0.39 is 0 Å². The molecule has 98 valence electrons. The van der Waals surface area contributed by atoms with E-state index in [0.29, 0.717) is 6.42 Å². The minimum absolute atomic E-state index is 0.200. The zero-order valence-electron chi connectivity index (χ0n) is 10.3. The van der Waals surface area contributed by atoms with Crippen molar-refractivity contribution < 1.29 is 5.21 Å². The van der Waals surface area contributed by atoms with Crippen LogP contribution in [0.4, 0.5) is 0 Å². The molecule has 0 aliphatic carbocycles. The third-order valence-electron chi connectivity index (χ3n) is 2.63. The lowest BCUT2D eigenvalue weighted by Gasteiger charge is -2.03. The maximum atomic E-state index is 8.51. The average molecular weight is 292 g/mol. The maximum absolute atomic E-state index is 8.51. The van der Waals surface area contributed by atoms with E-state index in [1.54, 1.807) is 0 Å². The summed E-state index contributed by atoms with van der Waals surface area (Å²) in [4.78, 5) is 1.27. The van der Waals surface area contributed by atoms with Gasteiger partial charge in [0.2, 0.25) is 0 Å². The van der Waals surface area contributed by atoms with E-state index in [4.69, 9.17) is 16.8 Å². The molecule has 0 radical (unpaired) electrons. The molecular weight excluding hydrogens is 278 g/mol. The van der Waals surface area contributed by atoms with Crippen molar-refractivity contribution in [3.63, 3.8) is 0 Å². The molecule has 4 heteroatoms. The summed E-state index contributed by atoms with van der Waals surface area (Å²) >= 11 is 7.48. The molecule has 0 fully saturated rings. The Labute approximate surface area is 122 Å². The predicted molar refractivity (Wildman–Crippen MR) is 81.2 cm³/mol. The van der Waals surface area contributed by atoms with Gasteiger partial charge in [-0.2, -0.15) is 0 Å². The van der Waals surface area contributed by atoms with Gasteiger partial charge >= 0.3 is 0 Å². The summed E-state index contributed by atoms with van der Waals surface area (Å²) in [5, 5.41) is 11.7. The highest BCUT2D eigenvalue weighted by Crippen LogP contribution is 2.22. The summed E-state index contributed by atoms with van der Waals surface area (Å²) in [5.74, 6) is 0.937. The molecule has 0 saturated carbocycles. The molecule has 0 unspecified atom stereocenters. The zero-order valence-corrected chi connectivity index (χ0v) is 11.9. The summed E-state index contributed by atoms with van der Waals surface area (Å²) in [5.41, 5.74) is 2.30. The van der Waals surface area contributed by atoms with Gasteiger partial charge < -0.3 is 5.21 Å². The van der Waals surface area contributed by atoms with Crippen molar-refractivity contribution in [2.75, 3.05) is 0 Å². The van der Waals surface area contributed by atoms with Gasteiger partial charge in [-0.05, 0) is 23.3 Å². The normalized spacial score (nSPS) is 11.5. The van der Waals surface area contributed by atoms with E-state index >= 15 is 0 Å². The number of hydrogen-bond donors (Lipinski definition) is 1. The molecule has 0 saturated heterocycles. The molecule has 0 heterocycles. The molecular formula is C15H14ClNOS. The van der Waals surface area contributed by atoms with E-state index in [-0.39, 0.29) is 5.17 Å². The molecule has 0 aliphatic heterocycles. The molecule has 0 bridgehead atoms. The van der Waals surface area contributed by atoms with Gasteiger partial charge in [-0.25, -0.2) is 0 Å². The fraction of sp³-hybridized carbons (Fsp3) is 0.133. The number of benzene rings is 2. The van der Waals surface area contributed by atoms with Gasteiger partial charge in [0.05, 0.1) is 0 Å². The van der Waals surface area contributed by atoms with Crippen molar-refractivity contribution in [3.8, 4) is 0 Å². The van der Waals surface area contributed by atoms with E-state index in [1.165, 1.54) is 10.5 Å². The molecule has 19 heavy (non-hydrogen) atoms. The van der Waals surface area contributed by atoms with Crippen LogP contribution in [0.25, 0.3) is 0 Å². The van der Waals surface area contributed by atoms with Crippen LogP contribution in [0, 0.1) is 0 Å². The Morgan fingerprint density at radius 2 is 1.63 bits per heavy atom. The van der Waals surface area contributed by atoms with Crippen molar-refractivity contribution in [1.29, 1.82) is 0 Å². The van der Waals surface area contributed by atoms with Gasteiger partial charge in [-0.15, -0.1) is 11.8 Å². The van der Waals surface area contributed by atoms with Crippen LogP contribution in [-0.2, 0) is 12.2 Å². The van der Waals surface area contributed by atoms with Crippen LogP contribution in [0.3, 0.4) is 0 Å². The Morgan fingerprint density at radius 1 is 1.00 bits per heavy atom. The molecule has 0 atom stereocenters. The van der Waals surface area contributed by atoms with Crippen molar-refractivity contribution >= 4 is 28.5 Å². The number of halogens is 1. The van der Waals surface area contributed by atoms with Gasteiger partial charge in [0, 0.05) is 17.1 Å². The van der Waals surface area contributed by atoms with Crippen LogP contribution in [0.5, 0.6) is 0 Å². The first kappa shape index (κ1) is 14.0. The maximum Gasteiger partial charge on any atom is 0.149 e. The summed E-state index contributed by atoms with van der Waals surface area (Å²) in [6.07, 6.45) is 0.462. The van der Waals surface area contributed by atoms with Crippen molar-refractivity contribution in [2.24, 2.45) is 5.16 Å². The Balaban J connectivity index is 1.92. The number of rotatable bonds is 5. The Morgan fingerprint density at radius 3 is 2.26 bits per heavy atom. The van der Waals surface area contributed by atoms with E-state index in [9.17, 15) is 0 Å². The molecule has 0 aromatic heterocycles. The summed E-state index contributed by atoms with van der Waals surface area (Å²) in [6.45, 7) is 0. The number of nitrogens with zero attached hydrogens (tertiary/aromatic N) is 1. The molecule has 0 spiro atoms. The third-order valence-corrected chi connectivity index (χ3v) is 3.92. The Kier molecular flexibility index (Phi) is 5.31. The molecule has 0 aliphatic rings. The van der Waals surface area contributed by atoms with Crippen LogP contribution in [0.15, 0.2) is 64.6 Å². The van der Waals surface area contributed by atoms with Gasteiger partial charge in [-0.3, -0.25) is 0 Å². The second-order valence-electron chi connectivity index (χ2n) is 4.07. The van der Waals surface area contributed by atoms with Gasteiger partial charge in [0.25, 0.3) is 0 Å². The summed E-state index contributed by atoms with van der Waals surface area (Å²) in [7, 11) is 0. The van der Waals surface area contributed by atoms with Gasteiger partial charge in [-0.1, -0.05) is 59.2 Å². The molecule has 2 nitrogen and oxygen atoms in total. The lowest BCUT2D eigenvalue weighted by atomic mass is 10.1. The smallest absolute Gasteiger partial charge is 0.149 e. The first-order valence-corrected chi connectivity index (χ1v) is 7.26. The van der Waals surface area contributed by atoms with Crippen molar-refractivity contribution in [1.82, 2.24) is 0 Å². The highest BCUT2D eigenvalue weighted by atomic mass is 35.5. The minimum atomic E-state index is 0.200. The largest absolute Gasteiger partial charge is 0.410 e. The number of hydrogen-bond acceptors (Lipinski definition) is 3. The van der Waals surface area contributed by atoms with E-state index in [2.05, 4.69) is 29.4 Å². The standard InChI is InChI=1S/C15H14ClNOS/c16-15(17-18)10-12-6-8-13(9-7-12)11-19-14-4-2-1-3-5-14/h1-9,18H,10-11H2. The highest BCUT2D eigenvalue weighted by Gasteiger charge is 2.00. The molecule has 1 N–H and O–H groups in total. The Bertz CT molecular complexity index is 540. The van der Waals surface area contributed by atoms with Crippen LogP contribution in [0.1, 0.15) is 11.1 Å². The van der Waals surface area contributed by atoms with Crippen LogP contribution in [0.2, 0.25) is 0 Å². The van der Waals surface area contributed by atoms with E-state index in [0.717, 1.165) is 11.3 Å². The fourth-order valence-corrected chi connectivity index (χ4v) is 2.67. The zero-order chi connectivity index (χ0) is 13.5. The lowest BCUT2D eigenvalue weighted by molar-refractivity contribution is 0.319. The number of oxime groups is 1. The first-order valence-electron chi connectivity index (χ1n) is 5.90. The van der Waals surface area contributed by atoms with Gasteiger partial charge in [0.1, 0.15) is 5.17 Å². The predicted octanol–water partition coefficient (Wildman–Crippen LogP) is 4.55. The first-order chi connectivity index (χ1) is 9.28. The van der Waals surface area contributed by atoms with Crippen LogP contribution >= 0.6 is 23.4 Å². The second kappa shape index (κ2) is 7.22. The second-order valence-corrected chi connectivity index (χ2v) is 5.56. The monoisotopic (exact) mass is 291 g/mol. The molecule has 2 aromatic rings. The van der Waals surface area contributed by atoms with Crippen molar-refractivity contribution in [3.05, 3.63) is 65.7 Å². The lowest BCUT2D eigenvalue weighted by Crippen LogP contribution is -1.94. The van der Waals surface area contributed by atoms with Crippen LogP contribution < -0.4 is 0 Å². The van der Waals surface area contributed by atoms with Gasteiger partial charge in [0.15, 0.2) is 0 Å². The van der Waals surface area contributed by atoms with Crippen molar-refractivity contribution in [2.45, 2.75) is 17.1 Å². The van der Waals surface area contributed by atoms with Crippen LogP contribution in [-0.4, -0.2) is 10.4 Å². The highest BCUT2D eigenvalue weighted by molar-refractivity contribution is 7.98. The van der Waals surface area contributed by atoms with E-state index in [1.807, 2.05) is 42.1 Å². The summed E-state index contributed by atoms with van der Waals surface area (Å²) in [6, 6.07) is 18.5. The number of thioether (sulfide) groups is 1. The molecule has 2 aromatic carbocycles. The molecule has 0 amide bonds. The minimum Gasteiger partial charge on any atom is -0.410 e. The third kappa shape index (κ3) is 4.62.